The van der Waals surface area contributed by atoms with Gasteiger partial charge in [0.2, 0.25) is 0 Å². The molecule has 0 aliphatic heterocycles. The van der Waals surface area contributed by atoms with E-state index >= 15 is 0 Å². The van der Waals surface area contributed by atoms with E-state index in [0.29, 0.717) is 0 Å². The quantitative estimate of drug-likeness (QED) is 0.477. The molecule has 0 saturated carbocycles. The predicted octanol–water partition coefficient (Wildman–Crippen LogP) is -0.753. The fraction of sp³-hybridized carbons (Fsp3) is 0.304. The first-order valence-electron chi connectivity index (χ1n) is 9.22. The largest absolute Gasteiger partial charge is 1.00 e. The molecule has 0 saturated heterocycles. The molecule has 0 N–H and O–H groups in total. The standard InChI is InChI=1S/C15H14N.C5H5.C3H7.2ClH.Zr/c1-16(2)14-9-5-7-12-10-11-6-3-4-8-13(11)15(12)14;1-2-4-5-3-1;1-3-2;;;/h3-6,8-9H,10H2,1-2H3;1-3H,4H2;3H,1-2H3;2*1H;/q;;;;;+2/p-2. The molecule has 1 nitrogen and oxygen atoms in total. The van der Waals surface area contributed by atoms with Gasteiger partial charge in [-0.3, -0.25) is 0 Å². The Morgan fingerprint density at radius 2 is 1.74 bits per heavy atom. The summed E-state index contributed by atoms with van der Waals surface area (Å²) in [5, 5.41) is 0. The Morgan fingerprint density at radius 1 is 1.00 bits per heavy atom. The summed E-state index contributed by atoms with van der Waals surface area (Å²) in [6, 6.07) is 13.9. The first-order valence-corrected chi connectivity index (χ1v) is 13.1. The van der Waals surface area contributed by atoms with Crippen molar-refractivity contribution in [1.82, 2.24) is 0 Å². The minimum absolute atomic E-state index is 0. The number of nitrogens with zero attached hydrogens (tertiary/aromatic N) is 1. The van der Waals surface area contributed by atoms with Gasteiger partial charge >= 0.3 is 160 Å². The van der Waals surface area contributed by atoms with Crippen LogP contribution in [0.4, 0.5) is 5.69 Å². The number of hydrogen-bond acceptors (Lipinski definition) is 1. The fourth-order valence-electron chi connectivity index (χ4n) is 4.36. The van der Waals surface area contributed by atoms with Crippen LogP contribution in [-0.2, 0) is 28.2 Å². The van der Waals surface area contributed by atoms with Crippen LogP contribution in [0.5, 0.6) is 0 Å². The zero-order chi connectivity index (χ0) is 17.6. The third kappa shape index (κ3) is 4.00. The molecule has 2 aliphatic carbocycles. The maximum absolute atomic E-state index is 2.48. The molecule has 0 fully saturated rings. The minimum atomic E-state index is -1.86. The normalized spacial score (nSPS) is 13.4. The molecule has 2 aliphatic rings. The van der Waals surface area contributed by atoms with Crippen molar-refractivity contribution in [1.29, 1.82) is 0 Å². The first kappa shape index (κ1) is 22.5. The Hall–Kier alpha value is -0.817. The van der Waals surface area contributed by atoms with Crippen molar-refractivity contribution in [3.8, 4) is 11.1 Å². The van der Waals surface area contributed by atoms with Gasteiger partial charge in [0.05, 0.1) is 0 Å². The van der Waals surface area contributed by atoms with Crippen molar-refractivity contribution in [2.75, 3.05) is 19.0 Å². The van der Waals surface area contributed by atoms with Gasteiger partial charge in [0.25, 0.3) is 0 Å². The summed E-state index contributed by atoms with van der Waals surface area (Å²) in [7, 11) is 4.34. The summed E-state index contributed by atoms with van der Waals surface area (Å²) in [6.07, 6.45) is 9.32. The van der Waals surface area contributed by atoms with Gasteiger partial charge in [0.15, 0.2) is 0 Å². The topological polar surface area (TPSA) is 3.24 Å². The second kappa shape index (κ2) is 9.12. The third-order valence-corrected chi connectivity index (χ3v) is 13.4. The SMILES string of the molecule is C[CH](C)[Zr+2]([C]1=CC=CC1)[c]1ccc(N(C)C)c2c1Cc1ccccc1-2.[Cl-].[Cl-]. The second-order valence-corrected chi connectivity index (χ2v) is 15.4. The van der Waals surface area contributed by atoms with Gasteiger partial charge in [-0.05, 0) is 0 Å². The van der Waals surface area contributed by atoms with Gasteiger partial charge in [0, 0.05) is 0 Å². The van der Waals surface area contributed by atoms with E-state index < -0.39 is 21.8 Å². The molecular weight excluding hydrogens is 452 g/mol. The second-order valence-electron chi connectivity index (χ2n) is 7.61. The van der Waals surface area contributed by atoms with Crippen LogP contribution >= 0.6 is 0 Å². The molecule has 27 heavy (non-hydrogen) atoms. The van der Waals surface area contributed by atoms with Crippen LogP contribution in [0, 0.1) is 0 Å². The number of hydrogen-bond donors (Lipinski definition) is 0. The van der Waals surface area contributed by atoms with Crippen molar-refractivity contribution >= 4 is 8.96 Å². The van der Waals surface area contributed by atoms with Crippen LogP contribution in [-0.4, -0.2) is 14.1 Å². The van der Waals surface area contributed by atoms with E-state index in [2.05, 4.69) is 87.5 Å². The molecule has 0 unspecified atom stereocenters. The number of allylic oxidation sites excluding steroid dienone is 4. The van der Waals surface area contributed by atoms with E-state index in [1.165, 1.54) is 28.8 Å². The van der Waals surface area contributed by atoms with E-state index in [1.807, 2.05) is 0 Å². The molecule has 0 spiro atoms. The van der Waals surface area contributed by atoms with Gasteiger partial charge in [-0.1, -0.05) is 0 Å². The Morgan fingerprint density at radius 3 is 2.37 bits per heavy atom. The van der Waals surface area contributed by atoms with Crippen LogP contribution in [0.15, 0.2) is 57.9 Å². The molecule has 4 rings (SSSR count). The fourth-order valence-corrected chi connectivity index (χ4v) is 12.0. The third-order valence-electron chi connectivity index (χ3n) is 5.41. The van der Waals surface area contributed by atoms with Crippen LogP contribution in [0.3, 0.4) is 0 Å². The molecule has 0 heterocycles. The summed E-state index contributed by atoms with van der Waals surface area (Å²) in [6.45, 7) is 4.89. The summed E-state index contributed by atoms with van der Waals surface area (Å²) < 4.78 is 4.28. The molecule has 0 aromatic heterocycles. The number of fused-ring (bicyclic) bond motifs is 3. The Balaban J connectivity index is 0.00000131. The Labute approximate surface area is 184 Å². The number of benzene rings is 2. The molecule has 2 aromatic carbocycles. The molecule has 2 aromatic rings. The van der Waals surface area contributed by atoms with Crippen molar-refractivity contribution in [2.45, 2.75) is 30.3 Å². The van der Waals surface area contributed by atoms with Crippen molar-refractivity contribution < 1.29 is 46.6 Å². The van der Waals surface area contributed by atoms with E-state index in [0.717, 1.165) is 10.0 Å². The van der Waals surface area contributed by atoms with Crippen molar-refractivity contribution in [3.63, 3.8) is 0 Å². The maximum Gasteiger partial charge on any atom is -1.00 e. The molecule has 4 heteroatoms. The minimum Gasteiger partial charge on any atom is -1.00 e. The van der Waals surface area contributed by atoms with Crippen LogP contribution in [0.2, 0.25) is 3.63 Å². The molecule has 0 bridgehead atoms. The molecule has 0 atom stereocenters. The van der Waals surface area contributed by atoms with E-state index in [-0.39, 0.29) is 24.8 Å². The number of halogens is 2. The van der Waals surface area contributed by atoms with Gasteiger partial charge < -0.3 is 24.8 Å². The monoisotopic (exact) mass is 476 g/mol. The Bertz CT molecular complexity index is 884. The number of rotatable bonds is 4. The van der Waals surface area contributed by atoms with Gasteiger partial charge in [-0.15, -0.1) is 0 Å². The Kier molecular flexibility index (Phi) is 7.59. The summed E-state index contributed by atoms with van der Waals surface area (Å²) >= 11 is -1.86. The summed E-state index contributed by atoms with van der Waals surface area (Å²) in [4.78, 5) is 2.28. The maximum atomic E-state index is 2.48. The average Bonchev–Trinajstić information content (AvgIpc) is 3.22. The summed E-state index contributed by atoms with van der Waals surface area (Å²) in [5.41, 5.74) is 7.45. The smallest absolute Gasteiger partial charge is 1.00 e. The van der Waals surface area contributed by atoms with Gasteiger partial charge in [-0.25, -0.2) is 0 Å². The molecule has 0 amide bonds. The van der Waals surface area contributed by atoms with Crippen LogP contribution < -0.4 is 33.0 Å². The van der Waals surface area contributed by atoms with Gasteiger partial charge in [-0.2, -0.15) is 0 Å². The van der Waals surface area contributed by atoms with E-state index in [4.69, 9.17) is 0 Å². The van der Waals surface area contributed by atoms with Crippen LogP contribution in [0.1, 0.15) is 31.4 Å². The van der Waals surface area contributed by atoms with Gasteiger partial charge in [0.1, 0.15) is 0 Å². The van der Waals surface area contributed by atoms with Crippen molar-refractivity contribution in [2.24, 2.45) is 0 Å². The van der Waals surface area contributed by atoms with E-state index in [1.54, 1.807) is 12.1 Å². The number of anilines is 1. The molecule has 141 valence electrons. The predicted molar refractivity (Wildman–Crippen MR) is 106 cm³/mol. The first-order chi connectivity index (χ1) is 12.1. The summed E-state index contributed by atoms with van der Waals surface area (Å²) in [5.74, 6) is 0. The zero-order valence-electron chi connectivity index (χ0n) is 16.4. The van der Waals surface area contributed by atoms with Crippen molar-refractivity contribution in [3.05, 3.63) is 69.0 Å². The zero-order valence-corrected chi connectivity index (χ0v) is 20.4. The van der Waals surface area contributed by atoms with Crippen LogP contribution in [0.25, 0.3) is 11.1 Å². The molecular formula is C23H26Cl2NZr. The average molecular weight is 479 g/mol. The molecule has 0 radical (unpaired) electrons. The van der Waals surface area contributed by atoms with E-state index in [9.17, 15) is 0 Å².